The van der Waals surface area contributed by atoms with Crippen molar-refractivity contribution in [2.24, 2.45) is 0 Å². The molecule has 2 unspecified atom stereocenters. The van der Waals surface area contributed by atoms with E-state index < -0.39 is 0 Å². The molecule has 18 heavy (non-hydrogen) atoms. The van der Waals surface area contributed by atoms with Crippen LogP contribution in [-0.4, -0.2) is 60.5 Å². The number of hydrogen-bond acceptors (Lipinski definition) is 3. The minimum atomic E-state index is 0.0487. The third kappa shape index (κ3) is 3.23. The summed E-state index contributed by atoms with van der Waals surface area (Å²) in [7, 11) is 0. The van der Waals surface area contributed by atoms with Gasteiger partial charge in [-0.2, -0.15) is 0 Å². The lowest BCUT2D eigenvalue weighted by Crippen LogP contribution is -2.54. The van der Waals surface area contributed by atoms with Crippen LogP contribution in [0.5, 0.6) is 0 Å². The topological polar surface area (TPSA) is 35.6 Å². The van der Waals surface area contributed by atoms with Crippen LogP contribution < -0.4 is 5.32 Å². The maximum Gasteiger partial charge on any atom is 0.239 e. The van der Waals surface area contributed by atoms with Crippen LogP contribution in [0.3, 0.4) is 0 Å². The van der Waals surface area contributed by atoms with Gasteiger partial charge in [0.05, 0.1) is 6.04 Å². The maximum absolute atomic E-state index is 12.6. The molecule has 4 heteroatoms. The van der Waals surface area contributed by atoms with Crippen molar-refractivity contribution in [1.29, 1.82) is 0 Å². The first kappa shape index (κ1) is 13.8. The van der Waals surface area contributed by atoms with Gasteiger partial charge in [0, 0.05) is 38.8 Å². The van der Waals surface area contributed by atoms with E-state index in [0.29, 0.717) is 11.9 Å². The number of nitrogens with one attached hydrogen (secondary N) is 1. The van der Waals surface area contributed by atoms with Crippen molar-refractivity contribution in [3.63, 3.8) is 0 Å². The summed E-state index contributed by atoms with van der Waals surface area (Å²) < 4.78 is 0. The molecule has 1 amide bonds. The molecule has 0 radical (unpaired) electrons. The van der Waals surface area contributed by atoms with E-state index in [1.165, 1.54) is 25.7 Å². The second-order valence-electron chi connectivity index (χ2n) is 5.69. The van der Waals surface area contributed by atoms with E-state index in [9.17, 15) is 4.79 Å². The fraction of sp³-hybridized carbons (Fsp3) is 0.929. The minimum absolute atomic E-state index is 0.0487. The van der Waals surface area contributed by atoms with Crippen molar-refractivity contribution in [2.75, 3.05) is 32.7 Å². The number of rotatable bonds is 2. The first-order chi connectivity index (χ1) is 8.70. The van der Waals surface area contributed by atoms with Gasteiger partial charge >= 0.3 is 0 Å². The molecule has 0 bridgehead atoms. The molecule has 104 valence electrons. The standard InChI is InChI=1S/C14H27N3O/c1-12-6-4-3-5-9-17(12)14(18)13(2)16-10-7-15-8-11-16/h12-13,15H,3-11H2,1-2H3. The molecule has 0 aromatic heterocycles. The van der Waals surface area contributed by atoms with Crippen molar-refractivity contribution >= 4 is 5.91 Å². The Morgan fingerprint density at radius 1 is 1.17 bits per heavy atom. The van der Waals surface area contributed by atoms with Gasteiger partial charge in [0.15, 0.2) is 0 Å². The Hall–Kier alpha value is -0.610. The van der Waals surface area contributed by atoms with E-state index in [4.69, 9.17) is 0 Å². The summed E-state index contributed by atoms with van der Waals surface area (Å²) in [6.07, 6.45) is 4.88. The Kier molecular flexibility index (Phi) is 5.01. The molecule has 0 aromatic rings. The molecule has 0 spiro atoms. The highest BCUT2D eigenvalue weighted by atomic mass is 16.2. The van der Waals surface area contributed by atoms with Crippen molar-refractivity contribution in [2.45, 2.75) is 51.6 Å². The van der Waals surface area contributed by atoms with Crippen LogP contribution in [0.15, 0.2) is 0 Å². The van der Waals surface area contributed by atoms with E-state index in [1.54, 1.807) is 0 Å². The zero-order chi connectivity index (χ0) is 13.0. The van der Waals surface area contributed by atoms with Gasteiger partial charge in [-0.15, -0.1) is 0 Å². The van der Waals surface area contributed by atoms with Crippen molar-refractivity contribution < 1.29 is 4.79 Å². The predicted molar refractivity (Wildman–Crippen MR) is 73.5 cm³/mol. The highest BCUT2D eigenvalue weighted by molar-refractivity contribution is 5.81. The van der Waals surface area contributed by atoms with E-state index in [2.05, 4.69) is 29.0 Å². The van der Waals surface area contributed by atoms with Gasteiger partial charge in [-0.3, -0.25) is 9.69 Å². The zero-order valence-corrected chi connectivity index (χ0v) is 11.8. The summed E-state index contributed by atoms with van der Waals surface area (Å²) in [5, 5.41) is 3.34. The number of hydrogen-bond donors (Lipinski definition) is 1. The summed E-state index contributed by atoms with van der Waals surface area (Å²) in [5.74, 6) is 0.339. The van der Waals surface area contributed by atoms with Gasteiger partial charge in [-0.1, -0.05) is 12.8 Å². The van der Waals surface area contributed by atoms with Crippen LogP contribution in [0.4, 0.5) is 0 Å². The van der Waals surface area contributed by atoms with Crippen LogP contribution in [0, 0.1) is 0 Å². The zero-order valence-electron chi connectivity index (χ0n) is 11.8. The largest absolute Gasteiger partial charge is 0.339 e. The molecule has 2 fully saturated rings. The molecule has 0 aromatic carbocycles. The Morgan fingerprint density at radius 3 is 2.61 bits per heavy atom. The summed E-state index contributed by atoms with van der Waals surface area (Å²) in [6, 6.07) is 0.470. The first-order valence-corrected chi connectivity index (χ1v) is 7.45. The Morgan fingerprint density at radius 2 is 1.89 bits per heavy atom. The van der Waals surface area contributed by atoms with Gasteiger partial charge in [-0.25, -0.2) is 0 Å². The lowest BCUT2D eigenvalue weighted by molar-refractivity contribution is -0.138. The molecule has 4 nitrogen and oxygen atoms in total. The molecule has 1 N–H and O–H groups in total. The van der Waals surface area contributed by atoms with Gasteiger partial charge in [0.2, 0.25) is 5.91 Å². The Labute approximate surface area is 111 Å². The second kappa shape index (κ2) is 6.53. The highest BCUT2D eigenvalue weighted by Crippen LogP contribution is 2.18. The fourth-order valence-corrected chi connectivity index (χ4v) is 3.07. The molecule has 2 heterocycles. The third-order valence-electron chi connectivity index (χ3n) is 4.39. The van der Waals surface area contributed by atoms with Crippen LogP contribution in [0.25, 0.3) is 0 Å². The lowest BCUT2D eigenvalue weighted by atomic mass is 10.1. The van der Waals surface area contributed by atoms with Gasteiger partial charge in [-0.05, 0) is 26.7 Å². The maximum atomic E-state index is 12.6. The number of amides is 1. The van der Waals surface area contributed by atoms with E-state index in [-0.39, 0.29) is 6.04 Å². The quantitative estimate of drug-likeness (QED) is 0.799. The molecule has 2 rings (SSSR count). The molecule has 0 aliphatic carbocycles. The number of carbonyl (C=O) groups excluding carboxylic acids is 1. The first-order valence-electron chi connectivity index (χ1n) is 7.45. The molecular weight excluding hydrogens is 226 g/mol. The van der Waals surface area contributed by atoms with Crippen LogP contribution in [0.2, 0.25) is 0 Å². The Balaban J connectivity index is 1.95. The smallest absolute Gasteiger partial charge is 0.239 e. The number of piperazine rings is 1. The Bertz CT molecular complexity index is 276. The summed E-state index contributed by atoms with van der Waals surface area (Å²) in [4.78, 5) is 17.1. The molecule has 2 aliphatic rings. The summed E-state index contributed by atoms with van der Waals surface area (Å²) in [6.45, 7) is 9.24. The van der Waals surface area contributed by atoms with Crippen molar-refractivity contribution in [1.82, 2.24) is 15.1 Å². The van der Waals surface area contributed by atoms with Gasteiger partial charge in [0.1, 0.15) is 0 Å². The lowest BCUT2D eigenvalue weighted by Gasteiger charge is -2.36. The van der Waals surface area contributed by atoms with Crippen molar-refractivity contribution in [3.05, 3.63) is 0 Å². The highest BCUT2D eigenvalue weighted by Gasteiger charge is 2.29. The monoisotopic (exact) mass is 253 g/mol. The third-order valence-corrected chi connectivity index (χ3v) is 4.39. The van der Waals surface area contributed by atoms with Crippen LogP contribution in [-0.2, 0) is 4.79 Å². The fourth-order valence-electron chi connectivity index (χ4n) is 3.07. The van der Waals surface area contributed by atoms with E-state index in [1.807, 2.05) is 0 Å². The van der Waals surface area contributed by atoms with Gasteiger partial charge < -0.3 is 10.2 Å². The normalized spacial score (nSPS) is 28.8. The van der Waals surface area contributed by atoms with Gasteiger partial charge in [0.25, 0.3) is 0 Å². The number of carbonyl (C=O) groups is 1. The van der Waals surface area contributed by atoms with Crippen LogP contribution >= 0.6 is 0 Å². The number of likely N-dealkylation sites (tertiary alicyclic amines) is 1. The van der Waals surface area contributed by atoms with Crippen molar-refractivity contribution in [3.8, 4) is 0 Å². The van der Waals surface area contributed by atoms with E-state index >= 15 is 0 Å². The van der Waals surface area contributed by atoms with Crippen LogP contribution in [0.1, 0.15) is 39.5 Å². The number of nitrogens with zero attached hydrogens (tertiary/aromatic N) is 2. The molecule has 2 saturated heterocycles. The minimum Gasteiger partial charge on any atom is -0.339 e. The molecule has 2 aliphatic heterocycles. The summed E-state index contributed by atoms with van der Waals surface area (Å²) >= 11 is 0. The average molecular weight is 253 g/mol. The molecular formula is C14H27N3O. The SMILES string of the molecule is CC(C(=O)N1CCCCCC1C)N1CCNCC1. The molecule has 0 saturated carbocycles. The predicted octanol–water partition coefficient (Wildman–Crippen LogP) is 1.07. The molecule has 2 atom stereocenters. The van der Waals surface area contributed by atoms with E-state index in [0.717, 1.165) is 32.7 Å². The second-order valence-corrected chi connectivity index (χ2v) is 5.69. The average Bonchev–Trinajstić information content (AvgIpc) is 2.63. The summed E-state index contributed by atoms with van der Waals surface area (Å²) in [5.41, 5.74) is 0.